The molecule has 0 N–H and O–H groups in total. The molecule has 0 aliphatic carbocycles. The van der Waals surface area contributed by atoms with Gasteiger partial charge >= 0.3 is 5.97 Å². The van der Waals surface area contributed by atoms with Crippen LogP contribution in [0.15, 0.2) is 24.4 Å². The smallest absolute Gasteiger partial charge is 0.341 e. The summed E-state index contributed by atoms with van der Waals surface area (Å²) in [6.45, 7) is 3.28. The fraction of sp³-hybridized carbons (Fsp3) is 0.389. The van der Waals surface area contributed by atoms with Crippen LogP contribution in [0.5, 0.6) is 5.75 Å². The van der Waals surface area contributed by atoms with Crippen molar-refractivity contribution in [2.75, 3.05) is 19.7 Å². The van der Waals surface area contributed by atoms with Gasteiger partial charge in [-0.25, -0.2) is 4.79 Å². The summed E-state index contributed by atoms with van der Waals surface area (Å²) in [6.07, 6.45) is 4.86. The second kappa shape index (κ2) is 8.16. The number of ether oxygens (including phenoxy) is 2. The number of carbonyl (C=O) groups is 1. The maximum Gasteiger partial charge on any atom is 0.341 e. The van der Waals surface area contributed by atoms with Crippen molar-refractivity contribution in [2.45, 2.75) is 25.9 Å². The average Bonchev–Trinajstić information content (AvgIpc) is 2.63. The van der Waals surface area contributed by atoms with E-state index in [1.807, 2.05) is 12.5 Å². The number of carbonyl (C=O) groups excluding carboxylic acids is 2. The van der Waals surface area contributed by atoms with E-state index in [9.17, 15) is 9.59 Å². The SMILES string of the molecule is CCOC(=O)c1cnc2ccc(OC3CCN([C-]=O)CC3)cc2c1Cl.[Fm]. The van der Waals surface area contributed by atoms with E-state index >= 15 is 0 Å². The van der Waals surface area contributed by atoms with Crippen LogP contribution in [0.4, 0.5) is 0 Å². The van der Waals surface area contributed by atoms with Crippen LogP contribution in [-0.2, 0) is 9.53 Å². The normalized spacial score (nSPS) is 14.6. The fourth-order valence-electron chi connectivity index (χ4n) is 2.82. The summed E-state index contributed by atoms with van der Waals surface area (Å²) in [5, 5.41) is 0.947. The third kappa shape index (κ3) is 3.83. The third-order valence-corrected chi connectivity index (χ3v) is 4.55. The second-order valence-electron chi connectivity index (χ2n) is 5.78. The van der Waals surface area contributed by atoms with Gasteiger partial charge in [0, 0.05) is 11.6 Å². The minimum atomic E-state index is -0.495. The summed E-state index contributed by atoms with van der Waals surface area (Å²) < 4.78 is 11.0. The molecule has 2 aromatic rings. The molecule has 0 spiro atoms. The molecule has 3 rings (SSSR count). The van der Waals surface area contributed by atoms with E-state index in [0.29, 0.717) is 34.8 Å². The molecule has 0 radical (unpaired) electrons. The zero-order chi connectivity index (χ0) is 17.8. The van der Waals surface area contributed by atoms with E-state index in [2.05, 4.69) is 4.98 Å². The van der Waals surface area contributed by atoms with Crippen molar-refractivity contribution in [3.63, 3.8) is 0 Å². The first-order valence-corrected chi connectivity index (χ1v) is 8.55. The van der Waals surface area contributed by atoms with Crippen molar-refractivity contribution in [1.29, 1.82) is 0 Å². The summed E-state index contributed by atoms with van der Waals surface area (Å²) in [7, 11) is 0. The van der Waals surface area contributed by atoms with Gasteiger partial charge in [-0.05, 0) is 51.1 Å². The van der Waals surface area contributed by atoms with Crippen LogP contribution in [0.25, 0.3) is 10.9 Å². The largest absolute Gasteiger partial charge is 0.520 e. The zero-order valence-electron chi connectivity index (χ0n) is 14.1. The number of halogens is 1. The number of hydrogen-bond donors (Lipinski definition) is 0. The minimum absolute atomic E-state index is 0. The maximum atomic E-state index is 12.0. The molecule has 0 bridgehead atoms. The predicted octanol–water partition coefficient (Wildman–Crippen LogP) is 2.98. The number of hydrogen-bond acceptors (Lipinski definition) is 5. The summed E-state index contributed by atoms with van der Waals surface area (Å²) >= 11 is 6.38. The van der Waals surface area contributed by atoms with Gasteiger partial charge in [-0.2, -0.15) is 6.41 Å². The van der Waals surface area contributed by atoms with Gasteiger partial charge in [-0.3, -0.25) is 4.98 Å². The molecule has 144 valence electrons. The van der Waals surface area contributed by atoms with E-state index < -0.39 is 5.97 Å². The molecule has 1 fully saturated rings. The Labute approximate surface area is 150 Å². The van der Waals surface area contributed by atoms with E-state index in [0.717, 1.165) is 12.8 Å². The van der Waals surface area contributed by atoms with E-state index in [4.69, 9.17) is 21.1 Å². The van der Waals surface area contributed by atoms with E-state index in [1.165, 1.54) is 6.20 Å². The van der Waals surface area contributed by atoms with Crippen LogP contribution in [0.3, 0.4) is 0 Å². The Hall–Kier alpha value is -3.34. The van der Waals surface area contributed by atoms with Gasteiger partial charge in [-0.15, -0.1) is 0 Å². The molecule has 2 heterocycles. The van der Waals surface area contributed by atoms with Crippen molar-refractivity contribution < 1.29 is 19.1 Å². The molecule has 0 unspecified atom stereocenters. The molecular weight excluding hydrogens is 601 g/mol. The zero-order valence-corrected chi connectivity index (χ0v) is 17.3. The second-order valence-corrected chi connectivity index (χ2v) is 6.16. The van der Waals surface area contributed by atoms with Gasteiger partial charge in [-0.1, -0.05) is 11.6 Å². The summed E-state index contributed by atoms with van der Waals surface area (Å²) in [5.41, 5.74) is 0.916. The number of aromatic nitrogens is 1. The molecule has 8 heteroatoms. The van der Waals surface area contributed by atoms with Gasteiger partial charge in [0.15, 0.2) is 0 Å². The number of rotatable bonds is 5. The molecule has 1 aliphatic rings. The molecule has 1 aromatic carbocycles. The Balaban J connectivity index is 0.00000243. The predicted molar refractivity (Wildman–Crippen MR) is 93.6 cm³/mol. The van der Waals surface area contributed by atoms with E-state index in [1.54, 1.807) is 24.0 Å². The molecule has 1 saturated heterocycles. The first kappa shape index (κ1) is 19.0. The number of likely N-dealkylation sites (tertiary alicyclic amines) is 1. The molecule has 1 amide bonds. The van der Waals surface area contributed by atoms with Gasteiger partial charge in [0.2, 0.25) is 0 Å². The van der Waals surface area contributed by atoms with Crippen LogP contribution in [0, 0.1) is 0 Å². The number of nitrogens with zero attached hydrogens (tertiary/aromatic N) is 2. The van der Waals surface area contributed by atoms with Gasteiger partial charge < -0.3 is 19.2 Å². The van der Waals surface area contributed by atoms with Crippen LogP contribution in [0.2, 0.25) is 5.02 Å². The summed E-state index contributed by atoms with van der Waals surface area (Å²) in [5.74, 6) is 0.163. The number of esters is 1. The molecular formula is C18H18ClFmN2O4-. The monoisotopic (exact) mass is 618 g/mol. The van der Waals surface area contributed by atoms with Crippen molar-refractivity contribution in [3.8, 4) is 5.75 Å². The minimum Gasteiger partial charge on any atom is -0.520 e. The first-order chi connectivity index (χ1) is 12.1. The Kier molecular flexibility index (Phi) is 5.96. The van der Waals surface area contributed by atoms with Crippen molar-refractivity contribution in [3.05, 3.63) is 35.0 Å². The van der Waals surface area contributed by atoms with Crippen LogP contribution in [0.1, 0.15) is 30.1 Å². The third-order valence-electron chi connectivity index (χ3n) is 4.14. The molecule has 1 aromatic heterocycles. The fourth-order valence-corrected chi connectivity index (χ4v) is 3.10. The Morgan fingerprint density at radius 1 is 1.38 bits per heavy atom. The van der Waals surface area contributed by atoms with Crippen LogP contribution in [-0.4, -0.2) is 48.1 Å². The quantitative estimate of drug-likeness (QED) is 0.381. The van der Waals surface area contributed by atoms with Gasteiger partial charge in [0.1, 0.15) is 11.9 Å². The van der Waals surface area contributed by atoms with Gasteiger partial charge in [0.25, 0.3) is 0 Å². The molecule has 1 aliphatic heterocycles. The maximum absolute atomic E-state index is 12.0. The van der Waals surface area contributed by atoms with Crippen molar-refractivity contribution in [2.24, 2.45) is 0 Å². The average molecular weight is 619 g/mol. The van der Waals surface area contributed by atoms with Crippen molar-refractivity contribution >= 4 is 34.9 Å². The number of pyridine rings is 1. The van der Waals surface area contributed by atoms with Crippen LogP contribution < -0.4 is 4.74 Å². The summed E-state index contributed by atoms with van der Waals surface area (Å²) in [6, 6.07) is 5.42. The number of fused-ring (bicyclic) bond motifs is 1. The first-order valence-electron chi connectivity index (χ1n) is 8.17. The topological polar surface area (TPSA) is 68.7 Å². The Bertz CT molecular complexity index is 794. The molecule has 26 heavy (non-hydrogen) atoms. The Morgan fingerprint density at radius 3 is 2.77 bits per heavy atom. The van der Waals surface area contributed by atoms with Gasteiger partial charge in [0.05, 0.1) is 22.7 Å². The molecule has 6 nitrogen and oxygen atoms in total. The summed E-state index contributed by atoms with van der Waals surface area (Å²) in [4.78, 5) is 28.5. The standard InChI is InChI=1S/C18H18ClN2O4.Fm/c1-2-24-18(23)15-10-20-16-4-3-13(9-14(16)17(15)19)25-12-5-7-21(11-22)8-6-12;/h3-4,9-10,12H,2,5-8H2,1H3;/q-1;. The van der Waals surface area contributed by atoms with Crippen molar-refractivity contribution in [1.82, 2.24) is 9.88 Å². The number of piperidine rings is 1. The van der Waals surface area contributed by atoms with E-state index in [-0.39, 0.29) is 18.3 Å². The van der Waals surface area contributed by atoms with Crippen LogP contribution >= 0.6 is 11.6 Å². The Morgan fingerprint density at radius 2 is 2.12 bits per heavy atom. The molecule has 0 atom stereocenters. The number of amides is 1. The number of benzene rings is 1. The molecule has 0 saturated carbocycles.